The van der Waals surface area contributed by atoms with Crippen LogP contribution in [0.3, 0.4) is 0 Å². The van der Waals surface area contributed by atoms with Crippen molar-refractivity contribution < 1.29 is 23.4 Å². The zero-order valence-electron chi connectivity index (χ0n) is 16.6. The van der Waals surface area contributed by atoms with Crippen LogP contribution in [0.1, 0.15) is 24.0 Å². The van der Waals surface area contributed by atoms with Crippen LogP contribution in [-0.4, -0.2) is 39.4 Å². The molecule has 1 fully saturated rings. The molecular weight excluding hydrogens is 373 g/mol. The molecule has 1 saturated heterocycles. The number of hydrogen-bond acceptors (Lipinski definition) is 4. The van der Waals surface area contributed by atoms with E-state index >= 15 is 0 Å². The molecule has 29 heavy (non-hydrogen) atoms. The standard InChI is InChI=1S/C23H26FNO4/c1-27-20-7-2-4-16-12-17(14-29-21(16)20)22(26)25-15-23(8-10-28-11-9-23)18-5-3-6-19(24)13-18/h2-7,13,17H,8-12,14-15H2,1H3,(H,25,26)/t17-/m1/s1. The second-order valence-electron chi connectivity index (χ2n) is 7.78. The van der Waals surface area contributed by atoms with Crippen molar-refractivity contribution in [3.63, 3.8) is 0 Å². The van der Waals surface area contributed by atoms with Gasteiger partial charge in [0.2, 0.25) is 5.91 Å². The molecule has 2 aromatic carbocycles. The maximum absolute atomic E-state index is 13.8. The summed E-state index contributed by atoms with van der Waals surface area (Å²) in [4.78, 5) is 12.9. The first-order valence-electron chi connectivity index (χ1n) is 10.0. The summed E-state index contributed by atoms with van der Waals surface area (Å²) < 4.78 is 30.5. The Balaban J connectivity index is 1.46. The number of nitrogens with one attached hydrogen (secondary N) is 1. The van der Waals surface area contributed by atoms with Crippen molar-refractivity contribution in [2.75, 3.05) is 33.5 Å². The molecule has 0 radical (unpaired) electrons. The number of fused-ring (bicyclic) bond motifs is 1. The van der Waals surface area contributed by atoms with E-state index in [2.05, 4.69) is 5.32 Å². The van der Waals surface area contributed by atoms with Gasteiger partial charge in [0, 0.05) is 25.2 Å². The van der Waals surface area contributed by atoms with E-state index in [-0.39, 0.29) is 23.1 Å². The third-order valence-corrected chi connectivity index (χ3v) is 6.03. The van der Waals surface area contributed by atoms with E-state index in [4.69, 9.17) is 14.2 Å². The molecule has 2 aliphatic rings. The summed E-state index contributed by atoms with van der Waals surface area (Å²) in [6.07, 6.45) is 2.10. The molecule has 2 heterocycles. The monoisotopic (exact) mass is 399 g/mol. The fourth-order valence-electron chi connectivity index (χ4n) is 4.27. The van der Waals surface area contributed by atoms with Gasteiger partial charge in [-0.1, -0.05) is 24.3 Å². The zero-order chi connectivity index (χ0) is 20.3. The molecule has 0 unspecified atom stereocenters. The number of ether oxygens (including phenoxy) is 3. The summed E-state index contributed by atoms with van der Waals surface area (Å²) >= 11 is 0. The van der Waals surface area contributed by atoms with Gasteiger partial charge in [-0.25, -0.2) is 4.39 Å². The van der Waals surface area contributed by atoms with Crippen LogP contribution in [0.4, 0.5) is 4.39 Å². The van der Waals surface area contributed by atoms with E-state index < -0.39 is 0 Å². The number of amides is 1. The Hall–Kier alpha value is -2.60. The SMILES string of the molecule is COc1cccc2c1OC[C@H](C(=O)NCC1(c3cccc(F)c3)CCOCC1)C2. The van der Waals surface area contributed by atoms with Gasteiger partial charge in [0.25, 0.3) is 0 Å². The first-order chi connectivity index (χ1) is 14.1. The van der Waals surface area contributed by atoms with Gasteiger partial charge in [0.05, 0.1) is 13.0 Å². The van der Waals surface area contributed by atoms with Crippen molar-refractivity contribution in [3.05, 3.63) is 59.4 Å². The fourth-order valence-corrected chi connectivity index (χ4v) is 4.27. The van der Waals surface area contributed by atoms with Crippen LogP contribution in [0.5, 0.6) is 11.5 Å². The first kappa shape index (κ1) is 19.7. The smallest absolute Gasteiger partial charge is 0.226 e. The molecule has 5 nitrogen and oxygen atoms in total. The van der Waals surface area contributed by atoms with E-state index in [0.717, 1.165) is 29.7 Å². The van der Waals surface area contributed by atoms with Crippen molar-refractivity contribution in [2.24, 2.45) is 5.92 Å². The van der Waals surface area contributed by atoms with E-state index in [1.807, 2.05) is 24.3 Å². The minimum absolute atomic E-state index is 0.0410. The molecule has 154 valence electrons. The highest BCUT2D eigenvalue weighted by atomic mass is 19.1. The van der Waals surface area contributed by atoms with E-state index in [9.17, 15) is 9.18 Å². The predicted molar refractivity (Wildman–Crippen MR) is 107 cm³/mol. The number of carbonyl (C=O) groups excluding carboxylic acids is 1. The zero-order valence-corrected chi connectivity index (χ0v) is 16.6. The third-order valence-electron chi connectivity index (χ3n) is 6.03. The van der Waals surface area contributed by atoms with Gasteiger partial charge in [-0.3, -0.25) is 4.79 Å². The van der Waals surface area contributed by atoms with Crippen molar-refractivity contribution in [1.29, 1.82) is 0 Å². The summed E-state index contributed by atoms with van der Waals surface area (Å²) in [5, 5.41) is 3.11. The van der Waals surface area contributed by atoms with E-state index in [0.29, 0.717) is 38.5 Å². The number of carbonyl (C=O) groups is 1. The van der Waals surface area contributed by atoms with Crippen LogP contribution in [0.15, 0.2) is 42.5 Å². The van der Waals surface area contributed by atoms with Gasteiger partial charge in [0.15, 0.2) is 11.5 Å². The van der Waals surface area contributed by atoms with Gasteiger partial charge in [-0.15, -0.1) is 0 Å². The van der Waals surface area contributed by atoms with Crippen molar-refractivity contribution >= 4 is 5.91 Å². The van der Waals surface area contributed by atoms with Crippen molar-refractivity contribution in [3.8, 4) is 11.5 Å². The molecule has 1 N–H and O–H groups in total. The highest BCUT2D eigenvalue weighted by molar-refractivity contribution is 5.80. The molecule has 4 rings (SSSR count). The number of para-hydroxylation sites is 1. The summed E-state index contributed by atoms with van der Waals surface area (Å²) in [5.74, 6) is 0.846. The quantitative estimate of drug-likeness (QED) is 0.839. The maximum atomic E-state index is 13.8. The lowest BCUT2D eigenvalue weighted by Gasteiger charge is -2.38. The van der Waals surface area contributed by atoms with Gasteiger partial charge in [0.1, 0.15) is 12.4 Å². The first-order valence-corrected chi connectivity index (χ1v) is 10.0. The lowest BCUT2D eigenvalue weighted by atomic mass is 9.74. The largest absolute Gasteiger partial charge is 0.493 e. The Morgan fingerprint density at radius 3 is 2.79 bits per heavy atom. The van der Waals surface area contributed by atoms with Crippen molar-refractivity contribution in [1.82, 2.24) is 5.32 Å². The van der Waals surface area contributed by atoms with E-state index in [1.54, 1.807) is 19.2 Å². The number of benzene rings is 2. The summed E-state index contributed by atoms with van der Waals surface area (Å²) in [5.41, 5.74) is 1.57. The normalized spacial score (nSPS) is 20.3. The molecule has 0 aliphatic carbocycles. The molecule has 0 bridgehead atoms. The van der Waals surface area contributed by atoms with Crippen LogP contribution in [-0.2, 0) is 21.4 Å². The molecule has 2 aliphatic heterocycles. The Morgan fingerprint density at radius 1 is 1.24 bits per heavy atom. The Bertz CT molecular complexity index is 879. The highest BCUT2D eigenvalue weighted by Gasteiger charge is 2.36. The average Bonchev–Trinajstić information content (AvgIpc) is 2.77. The Labute approximate surface area is 170 Å². The topological polar surface area (TPSA) is 56.8 Å². The summed E-state index contributed by atoms with van der Waals surface area (Å²) in [6, 6.07) is 12.4. The summed E-state index contributed by atoms with van der Waals surface area (Å²) in [6.45, 7) is 1.98. The van der Waals surface area contributed by atoms with Crippen LogP contribution in [0.25, 0.3) is 0 Å². The average molecular weight is 399 g/mol. The van der Waals surface area contributed by atoms with Crippen LogP contribution >= 0.6 is 0 Å². The number of halogens is 1. The molecule has 6 heteroatoms. The lowest BCUT2D eigenvalue weighted by molar-refractivity contribution is -0.126. The number of rotatable bonds is 5. The lowest BCUT2D eigenvalue weighted by Crippen LogP contribution is -2.47. The third kappa shape index (κ3) is 4.08. The Morgan fingerprint density at radius 2 is 2.03 bits per heavy atom. The number of hydrogen-bond donors (Lipinski definition) is 1. The molecule has 1 amide bonds. The molecule has 0 spiro atoms. The van der Waals surface area contributed by atoms with Gasteiger partial charge in [-0.2, -0.15) is 0 Å². The maximum Gasteiger partial charge on any atom is 0.226 e. The van der Waals surface area contributed by atoms with Crippen LogP contribution in [0.2, 0.25) is 0 Å². The van der Waals surface area contributed by atoms with Gasteiger partial charge >= 0.3 is 0 Å². The summed E-state index contributed by atoms with van der Waals surface area (Å²) in [7, 11) is 1.61. The Kier molecular flexibility index (Phi) is 5.72. The van der Waals surface area contributed by atoms with Crippen LogP contribution in [0, 0.1) is 11.7 Å². The minimum atomic E-state index is -0.313. The minimum Gasteiger partial charge on any atom is -0.493 e. The fraction of sp³-hybridized carbons (Fsp3) is 0.435. The van der Waals surface area contributed by atoms with Gasteiger partial charge < -0.3 is 19.5 Å². The molecule has 2 aromatic rings. The van der Waals surface area contributed by atoms with Crippen molar-refractivity contribution in [2.45, 2.75) is 24.7 Å². The highest BCUT2D eigenvalue weighted by Crippen LogP contribution is 2.37. The molecule has 0 aromatic heterocycles. The molecular formula is C23H26FNO4. The van der Waals surface area contributed by atoms with Crippen LogP contribution < -0.4 is 14.8 Å². The van der Waals surface area contributed by atoms with Gasteiger partial charge in [-0.05, 0) is 48.6 Å². The molecule has 0 saturated carbocycles. The van der Waals surface area contributed by atoms with E-state index in [1.165, 1.54) is 6.07 Å². The number of methoxy groups -OCH3 is 1. The molecule has 1 atom stereocenters. The second kappa shape index (κ2) is 8.41. The second-order valence-corrected chi connectivity index (χ2v) is 7.78. The predicted octanol–water partition coefficient (Wildman–Crippen LogP) is 3.25.